The highest BCUT2D eigenvalue weighted by Gasteiger charge is 2.15. The Kier molecular flexibility index (Phi) is 8.26. The van der Waals surface area contributed by atoms with Crippen molar-refractivity contribution in [1.82, 2.24) is 4.98 Å². The van der Waals surface area contributed by atoms with E-state index in [2.05, 4.69) is 4.98 Å². The summed E-state index contributed by atoms with van der Waals surface area (Å²) in [5.41, 5.74) is 3.27. The van der Waals surface area contributed by atoms with Gasteiger partial charge in [0.2, 0.25) is 0 Å². The fraction of sp³-hybridized carbons (Fsp3) is 0.333. The van der Waals surface area contributed by atoms with Gasteiger partial charge in [-0.3, -0.25) is 9.78 Å². The predicted molar refractivity (Wildman–Crippen MR) is 126 cm³/mol. The molecule has 2 aromatic carbocycles. The Morgan fingerprint density at radius 2 is 1.78 bits per heavy atom. The van der Waals surface area contributed by atoms with Crippen LogP contribution in [0.15, 0.2) is 60.8 Å². The monoisotopic (exact) mass is 433 g/mol. The zero-order valence-corrected chi connectivity index (χ0v) is 19.0. The molecule has 0 saturated heterocycles. The van der Waals surface area contributed by atoms with E-state index in [-0.39, 0.29) is 23.9 Å². The van der Waals surface area contributed by atoms with Gasteiger partial charge in [0.05, 0.1) is 18.9 Å². The molecule has 5 nitrogen and oxygen atoms in total. The molecule has 0 atom stereocenters. The molecule has 3 aromatic rings. The first kappa shape index (κ1) is 23.3. The summed E-state index contributed by atoms with van der Waals surface area (Å²) in [6, 6.07) is 17.4. The second kappa shape index (κ2) is 11.3. The Morgan fingerprint density at radius 1 is 1.00 bits per heavy atom. The highest BCUT2D eigenvalue weighted by Crippen LogP contribution is 2.31. The zero-order chi connectivity index (χ0) is 22.9. The zero-order valence-electron chi connectivity index (χ0n) is 19.0. The number of unbranched alkanes of at least 4 members (excludes halogenated alkanes) is 1. The van der Waals surface area contributed by atoms with E-state index in [1.807, 2.05) is 69.3 Å². The van der Waals surface area contributed by atoms with Crippen LogP contribution in [0.4, 0.5) is 0 Å². The van der Waals surface area contributed by atoms with Crippen LogP contribution in [0.5, 0.6) is 17.2 Å². The van der Waals surface area contributed by atoms with E-state index in [1.165, 1.54) is 0 Å². The number of carbonyl (C=O) groups excluding carboxylic acids is 1. The fourth-order valence-electron chi connectivity index (χ4n) is 3.28. The minimum Gasteiger partial charge on any atom is -0.507 e. The number of phenolic OH excluding ortho intramolecular Hbond substituents is 1. The lowest BCUT2D eigenvalue weighted by Gasteiger charge is -2.14. The van der Waals surface area contributed by atoms with Crippen molar-refractivity contribution >= 4 is 5.78 Å². The molecule has 0 amide bonds. The fourth-order valence-corrected chi connectivity index (χ4v) is 3.28. The molecule has 1 aromatic heterocycles. The summed E-state index contributed by atoms with van der Waals surface area (Å²) in [7, 11) is 0. The molecule has 0 spiro atoms. The maximum atomic E-state index is 12.0. The van der Waals surface area contributed by atoms with Crippen LogP contribution >= 0.6 is 0 Å². The van der Waals surface area contributed by atoms with Crippen LogP contribution in [0.3, 0.4) is 0 Å². The molecule has 0 aliphatic heterocycles. The molecule has 1 heterocycles. The topological polar surface area (TPSA) is 68.7 Å². The van der Waals surface area contributed by atoms with Gasteiger partial charge in [0.15, 0.2) is 0 Å². The first-order chi connectivity index (χ1) is 15.5. The number of Topliss-reactive ketones (excluding diaryl/α,β-unsaturated/α-hetero) is 1. The van der Waals surface area contributed by atoms with Gasteiger partial charge in [-0.25, -0.2) is 0 Å². The second-order valence-corrected chi connectivity index (χ2v) is 8.14. The van der Waals surface area contributed by atoms with Crippen molar-refractivity contribution in [2.24, 2.45) is 5.92 Å². The van der Waals surface area contributed by atoms with Gasteiger partial charge in [-0.2, -0.15) is 0 Å². The van der Waals surface area contributed by atoms with Crippen LogP contribution in [-0.2, 0) is 11.2 Å². The normalized spacial score (nSPS) is 10.9. The Balaban J connectivity index is 1.43. The SMILES string of the molecule is Cc1c(OCCCCOc2cccc(-c3ccccn3)c2)ccc(CC(=O)C(C)C)c1O. The average Bonchev–Trinajstić information content (AvgIpc) is 2.81. The van der Waals surface area contributed by atoms with E-state index in [0.29, 0.717) is 30.1 Å². The van der Waals surface area contributed by atoms with Gasteiger partial charge < -0.3 is 14.6 Å². The number of hydrogen-bond donors (Lipinski definition) is 1. The molecule has 5 heteroatoms. The summed E-state index contributed by atoms with van der Waals surface area (Å²) in [6.45, 7) is 6.67. The van der Waals surface area contributed by atoms with Gasteiger partial charge in [0.25, 0.3) is 0 Å². The van der Waals surface area contributed by atoms with E-state index in [0.717, 1.165) is 29.8 Å². The number of hydrogen-bond acceptors (Lipinski definition) is 5. The predicted octanol–water partition coefficient (Wildman–Crippen LogP) is 5.77. The van der Waals surface area contributed by atoms with Crippen LogP contribution < -0.4 is 9.47 Å². The number of ether oxygens (including phenoxy) is 2. The van der Waals surface area contributed by atoms with Crippen LogP contribution in [0, 0.1) is 12.8 Å². The van der Waals surface area contributed by atoms with Crippen molar-refractivity contribution in [2.75, 3.05) is 13.2 Å². The Morgan fingerprint density at radius 3 is 2.50 bits per heavy atom. The Hall–Kier alpha value is -3.34. The number of rotatable bonds is 11. The average molecular weight is 434 g/mol. The molecule has 0 fully saturated rings. The summed E-state index contributed by atoms with van der Waals surface area (Å²) >= 11 is 0. The minimum absolute atomic E-state index is 0.0506. The summed E-state index contributed by atoms with van der Waals surface area (Å²) in [5.74, 6) is 1.67. The summed E-state index contributed by atoms with van der Waals surface area (Å²) < 4.78 is 11.7. The van der Waals surface area contributed by atoms with Crippen LogP contribution in [0.25, 0.3) is 11.3 Å². The van der Waals surface area contributed by atoms with Crippen molar-refractivity contribution < 1.29 is 19.4 Å². The number of aromatic nitrogens is 1. The van der Waals surface area contributed by atoms with Gasteiger partial charge >= 0.3 is 0 Å². The summed E-state index contributed by atoms with van der Waals surface area (Å²) in [5, 5.41) is 10.4. The number of pyridine rings is 1. The molecular formula is C27H31NO4. The molecule has 32 heavy (non-hydrogen) atoms. The maximum Gasteiger partial charge on any atom is 0.139 e. The largest absolute Gasteiger partial charge is 0.507 e. The summed E-state index contributed by atoms with van der Waals surface area (Å²) in [4.78, 5) is 16.3. The molecule has 0 aliphatic carbocycles. The van der Waals surface area contributed by atoms with Gasteiger partial charge in [0.1, 0.15) is 23.0 Å². The van der Waals surface area contributed by atoms with Crippen LogP contribution in [-0.4, -0.2) is 29.1 Å². The summed E-state index contributed by atoms with van der Waals surface area (Å²) in [6.07, 6.45) is 3.69. The molecule has 1 N–H and O–H groups in total. The first-order valence-corrected chi connectivity index (χ1v) is 11.1. The number of phenols is 1. The minimum atomic E-state index is -0.0506. The van der Waals surface area contributed by atoms with Gasteiger partial charge in [-0.1, -0.05) is 38.1 Å². The molecule has 0 unspecified atom stereocenters. The third kappa shape index (κ3) is 6.33. The molecule has 0 saturated carbocycles. The number of ketones is 1. The lowest BCUT2D eigenvalue weighted by molar-refractivity contribution is -0.121. The highest BCUT2D eigenvalue weighted by atomic mass is 16.5. The number of benzene rings is 2. The van der Waals surface area contributed by atoms with Crippen molar-refractivity contribution in [3.8, 4) is 28.5 Å². The van der Waals surface area contributed by atoms with Gasteiger partial charge in [-0.05, 0) is 50.1 Å². The van der Waals surface area contributed by atoms with E-state index in [4.69, 9.17) is 9.47 Å². The van der Waals surface area contributed by atoms with E-state index < -0.39 is 0 Å². The maximum absolute atomic E-state index is 12.0. The lowest BCUT2D eigenvalue weighted by atomic mass is 9.98. The van der Waals surface area contributed by atoms with Crippen molar-refractivity contribution in [3.05, 3.63) is 71.9 Å². The number of carbonyl (C=O) groups is 1. The third-order valence-electron chi connectivity index (χ3n) is 5.33. The van der Waals surface area contributed by atoms with Crippen LogP contribution in [0.1, 0.15) is 37.8 Å². The quantitative estimate of drug-likeness (QED) is 0.389. The molecule has 0 radical (unpaired) electrons. The highest BCUT2D eigenvalue weighted by molar-refractivity contribution is 5.83. The first-order valence-electron chi connectivity index (χ1n) is 11.1. The van der Waals surface area contributed by atoms with Crippen molar-refractivity contribution in [3.63, 3.8) is 0 Å². The Labute approximate surface area is 190 Å². The smallest absolute Gasteiger partial charge is 0.139 e. The van der Waals surface area contributed by atoms with E-state index in [9.17, 15) is 9.90 Å². The van der Waals surface area contributed by atoms with Crippen LogP contribution in [0.2, 0.25) is 0 Å². The van der Waals surface area contributed by atoms with Crippen molar-refractivity contribution in [1.29, 1.82) is 0 Å². The van der Waals surface area contributed by atoms with Crippen molar-refractivity contribution in [2.45, 2.75) is 40.0 Å². The molecular weight excluding hydrogens is 402 g/mol. The molecule has 0 aliphatic rings. The molecule has 0 bridgehead atoms. The number of aromatic hydroxyl groups is 1. The molecule has 168 valence electrons. The lowest BCUT2D eigenvalue weighted by Crippen LogP contribution is -2.10. The third-order valence-corrected chi connectivity index (χ3v) is 5.33. The standard InChI is InChI=1S/C27H31NO4/c1-19(2)25(29)18-22-12-13-26(20(3)27(22)30)32-16-7-6-15-31-23-10-8-9-21(17-23)24-11-4-5-14-28-24/h4-5,8-14,17,19,30H,6-7,15-16,18H2,1-3H3. The van der Waals surface area contributed by atoms with E-state index >= 15 is 0 Å². The molecule has 3 rings (SSSR count). The van der Waals surface area contributed by atoms with Gasteiger partial charge in [0, 0.05) is 35.2 Å². The number of nitrogens with zero attached hydrogens (tertiary/aromatic N) is 1. The van der Waals surface area contributed by atoms with Gasteiger partial charge in [-0.15, -0.1) is 0 Å². The van der Waals surface area contributed by atoms with E-state index in [1.54, 1.807) is 12.3 Å². The second-order valence-electron chi connectivity index (χ2n) is 8.14. The Bertz CT molecular complexity index is 1030.